The highest BCUT2D eigenvalue weighted by atomic mass is 79.9. The molecule has 0 saturated heterocycles. The number of azo groups is 1. The van der Waals surface area contributed by atoms with E-state index in [0.717, 1.165) is 4.47 Å². The van der Waals surface area contributed by atoms with Gasteiger partial charge in [0.1, 0.15) is 11.4 Å². The van der Waals surface area contributed by atoms with E-state index < -0.39 is 16.4 Å². The number of rotatable bonds is 5. The molecule has 0 atom stereocenters. The maximum Gasteiger partial charge on any atom is 0.180 e. The highest BCUT2D eigenvalue weighted by Gasteiger charge is 2.13. The lowest BCUT2D eigenvalue weighted by Gasteiger charge is -2.02. The molecule has 8 heteroatoms. The van der Waals surface area contributed by atoms with E-state index in [1.807, 2.05) is 0 Å². The molecule has 2 N–H and O–H groups in total. The molecule has 0 aliphatic heterocycles. The van der Waals surface area contributed by atoms with Crippen LogP contribution >= 0.6 is 15.9 Å². The summed E-state index contributed by atoms with van der Waals surface area (Å²) < 4.78 is 24.3. The summed E-state index contributed by atoms with van der Waals surface area (Å²) in [7, 11) is -3.48. The minimum Gasteiger partial charge on any atom is -0.506 e. The minimum atomic E-state index is -3.48. The highest BCUT2D eigenvalue weighted by Crippen LogP contribution is 2.31. The number of phenols is 1. The summed E-state index contributed by atoms with van der Waals surface area (Å²) in [5.74, 6) is -0.325. The number of benzene rings is 2. The van der Waals surface area contributed by atoms with Crippen LogP contribution in [0.15, 0.2) is 62.1 Å². The molecule has 2 rings (SSSR count). The van der Waals surface area contributed by atoms with Crippen molar-refractivity contribution in [2.45, 2.75) is 4.90 Å². The van der Waals surface area contributed by atoms with Gasteiger partial charge < -0.3 is 10.2 Å². The molecule has 0 bridgehead atoms. The molecule has 2 aromatic carbocycles. The fraction of sp³-hybridized carbons (Fsp3) is 0.143. The Hall–Kier alpha value is -1.77. The van der Waals surface area contributed by atoms with Crippen molar-refractivity contribution in [2.75, 3.05) is 12.4 Å². The number of aromatic hydroxyl groups is 1. The fourth-order valence-corrected chi connectivity index (χ4v) is 3.02. The zero-order valence-electron chi connectivity index (χ0n) is 11.3. The quantitative estimate of drug-likeness (QED) is 0.771. The molecule has 0 amide bonds. The van der Waals surface area contributed by atoms with Gasteiger partial charge in [0.15, 0.2) is 9.84 Å². The molecule has 0 aliphatic rings. The zero-order valence-corrected chi connectivity index (χ0v) is 13.7. The van der Waals surface area contributed by atoms with E-state index in [2.05, 4.69) is 26.2 Å². The first-order chi connectivity index (χ1) is 10.4. The number of aliphatic hydroxyl groups excluding tert-OH is 1. The third kappa shape index (κ3) is 4.12. The van der Waals surface area contributed by atoms with Crippen molar-refractivity contribution in [3.8, 4) is 5.75 Å². The molecule has 116 valence electrons. The average molecular weight is 385 g/mol. The molecule has 0 heterocycles. The summed E-state index contributed by atoms with van der Waals surface area (Å²) in [5, 5.41) is 26.2. The molecule has 0 fully saturated rings. The van der Waals surface area contributed by atoms with Crippen molar-refractivity contribution in [1.82, 2.24) is 0 Å². The fourth-order valence-electron chi connectivity index (χ4n) is 1.65. The van der Waals surface area contributed by atoms with E-state index in [-0.39, 0.29) is 16.4 Å². The second-order valence-corrected chi connectivity index (χ2v) is 7.39. The van der Waals surface area contributed by atoms with Gasteiger partial charge in [0.25, 0.3) is 0 Å². The largest absolute Gasteiger partial charge is 0.506 e. The summed E-state index contributed by atoms with van der Waals surface area (Å²) >= 11 is 3.27. The summed E-state index contributed by atoms with van der Waals surface area (Å²) in [6.07, 6.45) is 0. The van der Waals surface area contributed by atoms with E-state index in [1.54, 1.807) is 12.1 Å². The third-order valence-electron chi connectivity index (χ3n) is 2.77. The van der Waals surface area contributed by atoms with Crippen LogP contribution in [-0.4, -0.2) is 31.0 Å². The van der Waals surface area contributed by atoms with Crippen LogP contribution < -0.4 is 0 Å². The molecule has 6 nitrogen and oxygen atoms in total. The van der Waals surface area contributed by atoms with Crippen LogP contribution in [0.4, 0.5) is 11.4 Å². The zero-order chi connectivity index (χ0) is 16.2. The molecule has 0 saturated carbocycles. The molecule has 0 spiro atoms. The summed E-state index contributed by atoms with van der Waals surface area (Å²) in [6.45, 7) is -0.425. The first-order valence-electron chi connectivity index (χ1n) is 6.26. The van der Waals surface area contributed by atoms with Gasteiger partial charge in [-0.2, -0.15) is 5.11 Å². The minimum absolute atomic E-state index is 0.00547. The van der Waals surface area contributed by atoms with Gasteiger partial charge in [-0.15, -0.1) is 5.11 Å². The lowest BCUT2D eigenvalue weighted by Crippen LogP contribution is -2.09. The Morgan fingerprint density at radius 2 is 1.73 bits per heavy atom. The Bertz CT molecular complexity index is 789. The molecule has 22 heavy (non-hydrogen) atoms. The normalized spacial score (nSPS) is 11.9. The molecule has 0 aromatic heterocycles. The first kappa shape index (κ1) is 16.6. The van der Waals surface area contributed by atoms with Gasteiger partial charge in [0.2, 0.25) is 0 Å². The van der Waals surface area contributed by atoms with E-state index in [0.29, 0.717) is 11.4 Å². The Kier molecular flexibility index (Phi) is 5.28. The van der Waals surface area contributed by atoms with Gasteiger partial charge in [0, 0.05) is 4.47 Å². The second-order valence-electron chi connectivity index (χ2n) is 4.37. The van der Waals surface area contributed by atoms with Crippen LogP contribution in [0, 0.1) is 0 Å². The predicted octanol–water partition coefficient (Wildman–Crippen LogP) is 3.34. The van der Waals surface area contributed by atoms with Crippen molar-refractivity contribution in [3.63, 3.8) is 0 Å². The number of hydrogen-bond donors (Lipinski definition) is 2. The van der Waals surface area contributed by atoms with Crippen LogP contribution in [0.25, 0.3) is 0 Å². The van der Waals surface area contributed by atoms with Crippen molar-refractivity contribution in [2.24, 2.45) is 10.2 Å². The van der Waals surface area contributed by atoms with Crippen molar-refractivity contribution in [3.05, 3.63) is 46.9 Å². The first-order valence-corrected chi connectivity index (χ1v) is 8.71. The van der Waals surface area contributed by atoms with Gasteiger partial charge in [-0.25, -0.2) is 8.42 Å². The Balaban J connectivity index is 2.21. The van der Waals surface area contributed by atoms with E-state index in [9.17, 15) is 13.5 Å². The van der Waals surface area contributed by atoms with Gasteiger partial charge in [-0.3, -0.25) is 0 Å². The lowest BCUT2D eigenvalue weighted by atomic mass is 10.3. The van der Waals surface area contributed by atoms with Crippen LogP contribution in [-0.2, 0) is 9.84 Å². The topological polar surface area (TPSA) is 99.3 Å². The molecular weight excluding hydrogens is 372 g/mol. The van der Waals surface area contributed by atoms with Crippen molar-refractivity contribution in [1.29, 1.82) is 0 Å². The Labute approximate surface area is 136 Å². The predicted molar refractivity (Wildman–Crippen MR) is 85.6 cm³/mol. The number of sulfone groups is 1. The Morgan fingerprint density at radius 1 is 1.05 bits per heavy atom. The number of halogens is 1. The number of aliphatic hydroxyl groups is 1. The van der Waals surface area contributed by atoms with E-state index in [1.165, 1.54) is 30.3 Å². The maximum absolute atomic E-state index is 11.8. The molecule has 0 unspecified atom stereocenters. The number of phenolic OH excluding ortho intramolecular Hbond substituents is 1. The van der Waals surface area contributed by atoms with E-state index >= 15 is 0 Å². The van der Waals surface area contributed by atoms with Crippen molar-refractivity contribution < 1.29 is 18.6 Å². The summed E-state index contributed by atoms with van der Waals surface area (Å²) in [5.41, 5.74) is 0.744. The molecule has 2 aromatic rings. The van der Waals surface area contributed by atoms with Crippen LogP contribution in [0.1, 0.15) is 0 Å². The van der Waals surface area contributed by atoms with Gasteiger partial charge in [0.05, 0.1) is 22.9 Å². The van der Waals surface area contributed by atoms with Crippen LogP contribution in [0.2, 0.25) is 0 Å². The SMILES string of the molecule is O=S(=O)(CCO)c1ccc(N=Nc2cc(Br)ccc2O)cc1. The number of nitrogens with zero attached hydrogens (tertiary/aromatic N) is 2. The summed E-state index contributed by atoms with van der Waals surface area (Å²) in [6, 6.07) is 10.6. The summed E-state index contributed by atoms with van der Waals surface area (Å²) in [4.78, 5) is 0.116. The van der Waals surface area contributed by atoms with Gasteiger partial charge in [-0.05, 0) is 42.5 Å². The van der Waals surface area contributed by atoms with Crippen LogP contribution in [0.3, 0.4) is 0 Å². The average Bonchev–Trinajstić information content (AvgIpc) is 2.48. The van der Waals surface area contributed by atoms with Gasteiger partial charge >= 0.3 is 0 Å². The number of hydrogen-bond acceptors (Lipinski definition) is 6. The highest BCUT2D eigenvalue weighted by molar-refractivity contribution is 9.10. The monoisotopic (exact) mass is 384 g/mol. The molecule has 0 aliphatic carbocycles. The third-order valence-corrected chi connectivity index (χ3v) is 4.97. The van der Waals surface area contributed by atoms with Crippen molar-refractivity contribution >= 4 is 37.1 Å². The molecule has 0 radical (unpaired) electrons. The standard InChI is InChI=1S/C14H13BrN2O4S/c15-10-1-6-14(19)13(9-10)17-16-11-2-4-12(5-3-11)22(20,21)8-7-18/h1-6,9,18-19H,7-8H2. The van der Waals surface area contributed by atoms with E-state index in [4.69, 9.17) is 5.11 Å². The molecular formula is C14H13BrN2O4S. The van der Waals surface area contributed by atoms with Gasteiger partial charge in [-0.1, -0.05) is 15.9 Å². The smallest absolute Gasteiger partial charge is 0.180 e. The lowest BCUT2D eigenvalue weighted by molar-refractivity contribution is 0.319. The Morgan fingerprint density at radius 3 is 2.36 bits per heavy atom. The van der Waals surface area contributed by atoms with Crippen LogP contribution in [0.5, 0.6) is 5.75 Å². The maximum atomic E-state index is 11.8. The second kappa shape index (κ2) is 6.99.